The number of para-hydroxylation sites is 1. The second-order valence-corrected chi connectivity index (χ2v) is 8.60. The molecule has 2 aromatic heterocycles. The number of alkyl halides is 3. The first-order valence-electron chi connectivity index (χ1n) is 11.1. The van der Waals surface area contributed by atoms with Gasteiger partial charge in [0.1, 0.15) is 11.8 Å². The number of pyridine rings is 1. The highest BCUT2D eigenvalue weighted by atomic mass is 19.4. The number of fused-ring (bicyclic) bond motifs is 3. The molecule has 0 radical (unpaired) electrons. The highest BCUT2D eigenvalue weighted by Gasteiger charge is 2.50. The number of hydrogen-bond acceptors (Lipinski definition) is 6. The maximum absolute atomic E-state index is 14.8. The number of aliphatic hydroxyl groups is 1. The first-order valence-corrected chi connectivity index (χ1v) is 11.1. The van der Waals surface area contributed by atoms with Gasteiger partial charge >= 0.3 is 6.18 Å². The smallest absolute Gasteiger partial charge is 0.417 e. The van der Waals surface area contributed by atoms with Crippen molar-refractivity contribution in [1.29, 1.82) is 0 Å². The highest BCUT2D eigenvalue weighted by Crippen LogP contribution is 2.42. The summed E-state index contributed by atoms with van der Waals surface area (Å²) in [6.07, 6.45) is 0.163. The molecule has 35 heavy (non-hydrogen) atoms. The van der Waals surface area contributed by atoms with Crippen LogP contribution in [0, 0.1) is 11.7 Å². The number of piperidine rings is 2. The molecule has 1 aliphatic carbocycles. The van der Waals surface area contributed by atoms with E-state index in [4.69, 9.17) is 4.74 Å². The Bertz CT molecular complexity index is 1200. The summed E-state index contributed by atoms with van der Waals surface area (Å²) < 4.78 is 59.3. The summed E-state index contributed by atoms with van der Waals surface area (Å²) in [4.78, 5) is 20.1. The normalized spacial score (nSPS) is 24.0. The number of nitrogens with zero attached hydrogens (tertiary/aromatic N) is 5. The van der Waals surface area contributed by atoms with Gasteiger partial charge in [0.15, 0.2) is 5.82 Å². The van der Waals surface area contributed by atoms with E-state index >= 15 is 0 Å². The third kappa shape index (κ3) is 4.22. The molecule has 3 aliphatic rings. The van der Waals surface area contributed by atoms with Crippen LogP contribution in [0.1, 0.15) is 35.2 Å². The second kappa shape index (κ2) is 8.91. The van der Waals surface area contributed by atoms with Gasteiger partial charge in [-0.2, -0.15) is 23.4 Å². The van der Waals surface area contributed by atoms with Gasteiger partial charge in [0.2, 0.25) is 5.88 Å². The van der Waals surface area contributed by atoms with E-state index < -0.39 is 41.7 Å². The fourth-order valence-corrected chi connectivity index (χ4v) is 5.08. The SMILES string of the molecule is O=C(c1cccc(F)c1-n1nccn1)N1[C@H](CO)[C@@H]2CC[C@H]1[C@H](Oc1ccc(C(F)(F)F)cn1)C2. The zero-order valence-corrected chi connectivity index (χ0v) is 18.3. The van der Waals surface area contributed by atoms with Crippen molar-refractivity contribution < 1.29 is 32.2 Å². The molecule has 8 nitrogen and oxygen atoms in total. The van der Waals surface area contributed by atoms with E-state index in [1.54, 1.807) is 0 Å². The topological polar surface area (TPSA) is 93.4 Å². The molecule has 3 fully saturated rings. The van der Waals surface area contributed by atoms with Gasteiger partial charge in [0.05, 0.1) is 42.2 Å². The van der Waals surface area contributed by atoms with E-state index in [1.807, 2.05) is 0 Å². The minimum absolute atomic E-state index is 0.00989. The molecule has 4 heterocycles. The molecule has 4 atom stereocenters. The van der Waals surface area contributed by atoms with Crippen molar-refractivity contribution >= 4 is 5.91 Å². The van der Waals surface area contributed by atoms with Gasteiger partial charge in [0, 0.05) is 12.3 Å². The van der Waals surface area contributed by atoms with Crippen LogP contribution in [-0.4, -0.2) is 60.7 Å². The average molecular weight is 491 g/mol. The second-order valence-electron chi connectivity index (χ2n) is 8.60. The third-order valence-corrected chi connectivity index (χ3v) is 6.65. The lowest BCUT2D eigenvalue weighted by atomic mass is 9.72. The standard InChI is InChI=1S/C23H21F4N5O3/c24-16-3-1-2-15(21(16)32-29-8-9-30-32)22(34)31-17-6-4-13(18(31)12-33)10-19(17)35-20-7-5-14(11-28-20)23(25,26)27/h1-3,5,7-9,11,13,17-19,33H,4,6,10,12H2/t13-,17+,18-,19-/m1/s1. The van der Waals surface area contributed by atoms with Crippen molar-refractivity contribution in [3.63, 3.8) is 0 Å². The number of aromatic nitrogens is 4. The van der Waals surface area contributed by atoms with Crippen LogP contribution >= 0.6 is 0 Å². The monoisotopic (exact) mass is 491 g/mol. The number of rotatable bonds is 5. The van der Waals surface area contributed by atoms with Crippen molar-refractivity contribution in [1.82, 2.24) is 24.9 Å². The molecule has 1 saturated carbocycles. The van der Waals surface area contributed by atoms with Gasteiger partial charge < -0.3 is 14.7 Å². The average Bonchev–Trinajstić information content (AvgIpc) is 3.37. The van der Waals surface area contributed by atoms with Crippen LogP contribution in [0.4, 0.5) is 17.6 Å². The molecule has 12 heteroatoms. The maximum Gasteiger partial charge on any atom is 0.417 e. The van der Waals surface area contributed by atoms with Crippen LogP contribution in [0.3, 0.4) is 0 Å². The maximum atomic E-state index is 14.8. The van der Waals surface area contributed by atoms with E-state index in [-0.39, 0.29) is 29.7 Å². The first kappa shape index (κ1) is 23.2. The Labute approximate surface area is 197 Å². The van der Waals surface area contributed by atoms with Crippen molar-refractivity contribution in [2.75, 3.05) is 6.61 Å². The molecule has 2 saturated heterocycles. The lowest BCUT2D eigenvalue weighted by Gasteiger charge is -2.54. The van der Waals surface area contributed by atoms with Crippen LogP contribution in [0.25, 0.3) is 5.69 Å². The number of carbonyl (C=O) groups is 1. The minimum atomic E-state index is -4.51. The van der Waals surface area contributed by atoms with Crippen LogP contribution in [-0.2, 0) is 6.18 Å². The Morgan fingerprint density at radius 3 is 2.57 bits per heavy atom. The Kier molecular flexibility index (Phi) is 5.91. The molecule has 2 aliphatic heterocycles. The van der Waals surface area contributed by atoms with Gasteiger partial charge in [-0.1, -0.05) is 6.07 Å². The van der Waals surface area contributed by atoms with E-state index in [0.29, 0.717) is 19.0 Å². The molecule has 1 amide bonds. The van der Waals surface area contributed by atoms with E-state index in [2.05, 4.69) is 15.2 Å². The summed E-state index contributed by atoms with van der Waals surface area (Å²) >= 11 is 0. The number of hydrogen-bond donors (Lipinski definition) is 1. The fourth-order valence-electron chi connectivity index (χ4n) is 5.08. The van der Waals surface area contributed by atoms with Gasteiger partial charge in [0.25, 0.3) is 5.91 Å². The minimum Gasteiger partial charge on any atom is -0.472 e. The number of halogens is 4. The predicted octanol–water partition coefficient (Wildman–Crippen LogP) is 3.25. The number of benzene rings is 1. The Morgan fingerprint density at radius 2 is 1.91 bits per heavy atom. The molecular formula is C23H21F4N5O3. The molecule has 2 bridgehead atoms. The summed E-state index contributed by atoms with van der Waals surface area (Å²) in [5.41, 5.74) is -0.973. The van der Waals surface area contributed by atoms with Crippen LogP contribution in [0.15, 0.2) is 48.9 Å². The summed E-state index contributed by atoms with van der Waals surface area (Å²) in [5, 5.41) is 18.0. The summed E-state index contributed by atoms with van der Waals surface area (Å²) in [7, 11) is 0. The molecule has 6 rings (SSSR count). The fraction of sp³-hybridized carbons (Fsp3) is 0.391. The van der Waals surface area contributed by atoms with Crippen LogP contribution in [0.2, 0.25) is 0 Å². The van der Waals surface area contributed by atoms with Gasteiger partial charge in [-0.15, -0.1) is 4.80 Å². The Hall–Kier alpha value is -3.54. The third-order valence-electron chi connectivity index (χ3n) is 6.65. The summed E-state index contributed by atoms with van der Waals surface area (Å²) in [6, 6.07) is 5.11. The lowest BCUT2D eigenvalue weighted by molar-refractivity contribution is -0.137. The van der Waals surface area contributed by atoms with Gasteiger partial charge in [-0.3, -0.25) is 4.79 Å². The number of aliphatic hydroxyl groups excluding tert-OH is 1. The summed E-state index contributed by atoms with van der Waals surface area (Å²) in [5.74, 6) is -1.29. The molecular weight excluding hydrogens is 470 g/mol. The molecule has 3 aromatic rings. The Morgan fingerprint density at radius 1 is 1.14 bits per heavy atom. The largest absolute Gasteiger partial charge is 0.472 e. The van der Waals surface area contributed by atoms with Crippen molar-refractivity contribution in [2.24, 2.45) is 5.92 Å². The number of amides is 1. The molecule has 0 spiro atoms. The van der Waals surface area contributed by atoms with Crippen molar-refractivity contribution in [3.05, 3.63) is 65.9 Å². The lowest BCUT2D eigenvalue weighted by Crippen LogP contribution is -2.65. The zero-order valence-electron chi connectivity index (χ0n) is 18.3. The van der Waals surface area contributed by atoms with Crippen molar-refractivity contribution in [2.45, 2.75) is 43.6 Å². The first-order chi connectivity index (χ1) is 16.8. The van der Waals surface area contributed by atoms with Crippen LogP contribution < -0.4 is 4.74 Å². The van der Waals surface area contributed by atoms with E-state index in [9.17, 15) is 27.5 Å². The van der Waals surface area contributed by atoms with E-state index in [1.165, 1.54) is 35.5 Å². The van der Waals surface area contributed by atoms with E-state index in [0.717, 1.165) is 23.4 Å². The van der Waals surface area contributed by atoms with Gasteiger partial charge in [-0.25, -0.2) is 9.37 Å². The highest BCUT2D eigenvalue weighted by molar-refractivity contribution is 5.98. The zero-order chi connectivity index (χ0) is 24.7. The molecule has 0 unspecified atom stereocenters. The molecule has 184 valence electrons. The summed E-state index contributed by atoms with van der Waals surface area (Å²) in [6.45, 7) is -0.289. The quantitative estimate of drug-likeness (QED) is 0.551. The number of ether oxygens (including phenoxy) is 1. The van der Waals surface area contributed by atoms with Crippen molar-refractivity contribution in [3.8, 4) is 11.6 Å². The van der Waals surface area contributed by atoms with Crippen LogP contribution in [0.5, 0.6) is 5.88 Å². The number of carbonyl (C=O) groups excluding carboxylic acids is 1. The Balaban J connectivity index is 1.45. The molecule has 1 N–H and O–H groups in total. The predicted molar refractivity (Wildman–Crippen MR) is 113 cm³/mol. The van der Waals surface area contributed by atoms with Gasteiger partial charge in [-0.05, 0) is 43.4 Å². The molecule has 1 aromatic carbocycles.